The third-order valence-electron chi connectivity index (χ3n) is 4.03. The lowest BCUT2D eigenvalue weighted by Crippen LogP contribution is -2.31. The van der Waals surface area contributed by atoms with Gasteiger partial charge in [-0.15, -0.1) is 0 Å². The van der Waals surface area contributed by atoms with Crippen molar-refractivity contribution in [3.05, 3.63) is 57.5 Å². The monoisotopic (exact) mass is 457 g/mol. The minimum Gasteiger partial charge on any atom is -0.298 e. The highest BCUT2D eigenvalue weighted by Gasteiger charge is 2.28. The SMILES string of the molecule is O=C(NNc1cccc(Cl)c1)c1cc(S(=O)(=O)N2CCCC2)ccc1Br. The number of hydrogen-bond donors (Lipinski definition) is 2. The van der Waals surface area contributed by atoms with E-state index >= 15 is 0 Å². The Morgan fingerprint density at radius 1 is 1.12 bits per heavy atom. The van der Waals surface area contributed by atoms with Crippen LogP contribution in [0, 0.1) is 0 Å². The molecule has 2 aromatic carbocycles. The molecule has 0 aliphatic carbocycles. The summed E-state index contributed by atoms with van der Waals surface area (Å²) in [5.74, 6) is -0.463. The van der Waals surface area contributed by atoms with E-state index in [0.717, 1.165) is 12.8 Å². The molecule has 0 radical (unpaired) electrons. The van der Waals surface area contributed by atoms with Gasteiger partial charge in [-0.2, -0.15) is 4.31 Å². The van der Waals surface area contributed by atoms with E-state index in [4.69, 9.17) is 11.6 Å². The van der Waals surface area contributed by atoms with Crippen LogP contribution in [-0.2, 0) is 10.0 Å². The summed E-state index contributed by atoms with van der Waals surface area (Å²) in [6.45, 7) is 1.02. The molecule has 0 aromatic heterocycles. The van der Waals surface area contributed by atoms with Crippen molar-refractivity contribution in [1.82, 2.24) is 9.73 Å². The fraction of sp³-hybridized carbons (Fsp3) is 0.235. The van der Waals surface area contributed by atoms with Crippen molar-refractivity contribution in [3.63, 3.8) is 0 Å². The highest BCUT2D eigenvalue weighted by molar-refractivity contribution is 9.10. The van der Waals surface area contributed by atoms with Crippen LogP contribution in [0.2, 0.25) is 5.02 Å². The number of hydrazine groups is 1. The molecular formula is C17H17BrClN3O3S. The maximum Gasteiger partial charge on any atom is 0.270 e. The molecule has 1 heterocycles. The first kappa shape index (κ1) is 19.2. The topological polar surface area (TPSA) is 78.5 Å². The van der Waals surface area contributed by atoms with Gasteiger partial charge in [-0.25, -0.2) is 8.42 Å². The largest absolute Gasteiger partial charge is 0.298 e. The Kier molecular flexibility index (Phi) is 5.86. The summed E-state index contributed by atoms with van der Waals surface area (Å²) in [7, 11) is -3.59. The second kappa shape index (κ2) is 7.96. The van der Waals surface area contributed by atoms with Crippen molar-refractivity contribution in [1.29, 1.82) is 0 Å². The zero-order chi connectivity index (χ0) is 18.7. The number of anilines is 1. The molecule has 26 heavy (non-hydrogen) atoms. The van der Waals surface area contributed by atoms with Crippen LogP contribution >= 0.6 is 27.5 Å². The third kappa shape index (κ3) is 4.20. The number of halogens is 2. The first-order valence-corrected chi connectivity index (χ1v) is 10.6. The quantitative estimate of drug-likeness (QED) is 0.671. The summed E-state index contributed by atoms with van der Waals surface area (Å²) in [5, 5.41) is 0.532. The molecule has 2 aromatic rings. The first-order valence-electron chi connectivity index (χ1n) is 7.99. The van der Waals surface area contributed by atoms with Crippen molar-refractivity contribution in [2.75, 3.05) is 18.5 Å². The first-order chi connectivity index (χ1) is 12.4. The van der Waals surface area contributed by atoms with Gasteiger partial charge in [0.25, 0.3) is 5.91 Å². The van der Waals surface area contributed by atoms with E-state index in [1.807, 2.05) is 0 Å². The molecule has 1 saturated heterocycles. The fourth-order valence-electron chi connectivity index (χ4n) is 2.68. The second-order valence-corrected chi connectivity index (χ2v) is 9.07. The normalized spacial score (nSPS) is 15.0. The number of carbonyl (C=O) groups is 1. The summed E-state index contributed by atoms with van der Waals surface area (Å²) in [4.78, 5) is 12.6. The maximum absolute atomic E-state index is 12.7. The van der Waals surface area contributed by atoms with Gasteiger partial charge in [0.1, 0.15) is 0 Å². The Morgan fingerprint density at radius 3 is 2.54 bits per heavy atom. The maximum atomic E-state index is 12.7. The molecule has 9 heteroatoms. The Balaban J connectivity index is 1.79. The smallest absolute Gasteiger partial charge is 0.270 e. The van der Waals surface area contributed by atoms with E-state index in [-0.39, 0.29) is 10.5 Å². The Morgan fingerprint density at radius 2 is 1.85 bits per heavy atom. The predicted molar refractivity (Wildman–Crippen MR) is 105 cm³/mol. The van der Waals surface area contributed by atoms with Crippen molar-refractivity contribution in [2.24, 2.45) is 0 Å². The number of amides is 1. The molecule has 3 rings (SSSR count). The molecule has 2 N–H and O–H groups in total. The Labute approximate surface area is 165 Å². The van der Waals surface area contributed by atoms with E-state index in [2.05, 4.69) is 26.8 Å². The van der Waals surface area contributed by atoms with Crippen LogP contribution in [0.15, 0.2) is 51.8 Å². The van der Waals surface area contributed by atoms with Crippen LogP contribution < -0.4 is 10.9 Å². The van der Waals surface area contributed by atoms with Gasteiger partial charge in [0.15, 0.2) is 0 Å². The molecular weight excluding hydrogens is 442 g/mol. The molecule has 1 fully saturated rings. The van der Waals surface area contributed by atoms with Gasteiger partial charge in [-0.3, -0.25) is 15.6 Å². The minimum absolute atomic E-state index is 0.107. The molecule has 0 bridgehead atoms. The second-order valence-electron chi connectivity index (χ2n) is 5.84. The van der Waals surface area contributed by atoms with Gasteiger partial charge in [0.2, 0.25) is 10.0 Å². The van der Waals surface area contributed by atoms with Crippen LogP contribution in [0.25, 0.3) is 0 Å². The van der Waals surface area contributed by atoms with Gasteiger partial charge in [0, 0.05) is 22.6 Å². The lowest BCUT2D eigenvalue weighted by molar-refractivity contribution is 0.0961. The highest BCUT2D eigenvalue weighted by Crippen LogP contribution is 2.25. The summed E-state index contributed by atoms with van der Waals surface area (Å²) >= 11 is 9.21. The lowest BCUT2D eigenvalue weighted by atomic mass is 10.2. The average molecular weight is 459 g/mol. The van der Waals surface area contributed by atoms with Gasteiger partial charge >= 0.3 is 0 Å². The van der Waals surface area contributed by atoms with E-state index in [1.165, 1.54) is 16.4 Å². The predicted octanol–water partition coefficient (Wildman–Crippen LogP) is 3.64. The molecule has 0 atom stereocenters. The molecule has 6 nitrogen and oxygen atoms in total. The van der Waals surface area contributed by atoms with E-state index in [1.54, 1.807) is 30.3 Å². The average Bonchev–Trinajstić information content (AvgIpc) is 3.15. The molecule has 0 unspecified atom stereocenters. The number of sulfonamides is 1. The van der Waals surface area contributed by atoms with Crippen LogP contribution in [-0.4, -0.2) is 31.7 Å². The van der Waals surface area contributed by atoms with Crippen molar-refractivity contribution < 1.29 is 13.2 Å². The summed E-state index contributed by atoms with van der Waals surface area (Å²) in [5.41, 5.74) is 6.14. The van der Waals surface area contributed by atoms with Gasteiger partial charge in [0.05, 0.1) is 16.1 Å². The van der Waals surface area contributed by atoms with Crippen LogP contribution in [0.5, 0.6) is 0 Å². The van der Waals surface area contributed by atoms with Gasteiger partial charge in [-0.1, -0.05) is 17.7 Å². The van der Waals surface area contributed by atoms with E-state index in [9.17, 15) is 13.2 Å². The third-order valence-corrected chi connectivity index (χ3v) is 6.85. The Hall–Kier alpha value is -1.61. The highest BCUT2D eigenvalue weighted by atomic mass is 79.9. The molecule has 1 aliphatic rings. The zero-order valence-electron chi connectivity index (χ0n) is 13.7. The summed E-state index contributed by atoms with van der Waals surface area (Å²) in [6.07, 6.45) is 1.71. The number of nitrogens with one attached hydrogen (secondary N) is 2. The van der Waals surface area contributed by atoms with E-state index in [0.29, 0.717) is 28.3 Å². The molecule has 0 spiro atoms. The molecule has 0 saturated carbocycles. The minimum atomic E-state index is -3.59. The number of benzene rings is 2. The van der Waals surface area contributed by atoms with Crippen molar-refractivity contribution in [3.8, 4) is 0 Å². The van der Waals surface area contributed by atoms with Crippen molar-refractivity contribution >= 4 is 49.1 Å². The van der Waals surface area contributed by atoms with Gasteiger partial charge < -0.3 is 0 Å². The number of nitrogens with zero attached hydrogens (tertiary/aromatic N) is 1. The number of rotatable bonds is 5. The van der Waals surface area contributed by atoms with Gasteiger partial charge in [-0.05, 0) is 65.2 Å². The molecule has 1 aliphatic heterocycles. The molecule has 1 amide bonds. The fourth-order valence-corrected chi connectivity index (χ4v) is 4.84. The van der Waals surface area contributed by atoms with E-state index < -0.39 is 15.9 Å². The summed E-state index contributed by atoms with van der Waals surface area (Å²) in [6, 6.07) is 11.3. The number of carbonyl (C=O) groups excluding carboxylic acids is 1. The Bertz CT molecular complexity index is 931. The molecule has 138 valence electrons. The lowest BCUT2D eigenvalue weighted by Gasteiger charge is -2.16. The van der Waals surface area contributed by atoms with Crippen molar-refractivity contribution in [2.45, 2.75) is 17.7 Å². The number of hydrogen-bond acceptors (Lipinski definition) is 4. The zero-order valence-corrected chi connectivity index (χ0v) is 16.9. The summed E-state index contributed by atoms with van der Waals surface area (Å²) < 4.78 is 27.3. The van der Waals surface area contributed by atoms with Crippen LogP contribution in [0.3, 0.4) is 0 Å². The standard InChI is InChI=1S/C17H17BrClN3O3S/c18-16-7-6-14(26(24,25)22-8-1-2-9-22)11-15(16)17(23)21-20-13-5-3-4-12(19)10-13/h3-7,10-11,20H,1-2,8-9H2,(H,21,23). The van der Waals surface area contributed by atoms with Crippen LogP contribution in [0.1, 0.15) is 23.2 Å². The van der Waals surface area contributed by atoms with Crippen LogP contribution in [0.4, 0.5) is 5.69 Å².